The Morgan fingerprint density at radius 3 is 1.56 bits per heavy atom. The van der Waals surface area contributed by atoms with Crippen LogP contribution in [-0.4, -0.2) is 43.9 Å². The van der Waals surface area contributed by atoms with Gasteiger partial charge >= 0.3 is 11.9 Å². The van der Waals surface area contributed by atoms with E-state index < -0.39 is 11.9 Å². The van der Waals surface area contributed by atoms with Crippen LogP contribution >= 0.6 is 0 Å². The molecule has 4 N–H and O–H groups in total. The number of aromatic hydroxyl groups is 2. The number of benzene rings is 4. The molecular weight excluding hydrogens is 464 g/mol. The van der Waals surface area contributed by atoms with Gasteiger partial charge in [0, 0.05) is 16.7 Å². The van der Waals surface area contributed by atoms with E-state index in [1.165, 1.54) is 78.9 Å². The van der Waals surface area contributed by atoms with Crippen LogP contribution in [0.25, 0.3) is 0 Å². The minimum Gasteiger partial charge on any atom is -0.508 e. The molecule has 0 spiro atoms. The lowest BCUT2D eigenvalue weighted by Gasteiger charge is -2.03. The first-order valence-electron chi connectivity index (χ1n) is 10.5. The molecule has 0 fully saturated rings. The Hall–Kier alpha value is -5.24. The fourth-order valence-corrected chi connectivity index (χ4v) is 3.16. The molecule has 0 heterocycles. The second kappa shape index (κ2) is 11.3. The van der Waals surface area contributed by atoms with Crippen LogP contribution in [0, 0.1) is 0 Å². The van der Waals surface area contributed by atoms with E-state index in [9.17, 15) is 24.3 Å². The number of hydrogen-bond donors (Lipinski definition) is 4. The van der Waals surface area contributed by atoms with Crippen molar-refractivity contribution >= 4 is 23.5 Å². The highest BCUT2D eigenvalue weighted by Gasteiger charge is 2.14. The zero-order chi connectivity index (χ0) is 26.2. The molecule has 0 amide bonds. The molecule has 0 radical (unpaired) electrons. The highest BCUT2D eigenvalue weighted by molar-refractivity contribution is 6.11. The summed E-state index contributed by atoms with van der Waals surface area (Å²) < 4.78 is 0. The summed E-state index contributed by atoms with van der Waals surface area (Å²) in [4.78, 5) is 45.6. The summed E-state index contributed by atoms with van der Waals surface area (Å²) in [6, 6.07) is 23.4. The number of carbonyl (C=O) groups is 4. The standard InChI is InChI=1S/2C14H10O4/c15-12-6-4-9(5-7-12)13(16)10-2-1-3-11(8-10)14(17)18;15-12-4-2-1-3-11(12)13(16)9-5-7-10(8-6-9)14(17)18/h2*1-8,15H,(H,17,18). The number of carboxylic acids is 2. The number of hydrogen-bond acceptors (Lipinski definition) is 6. The Kier molecular flexibility index (Phi) is 7.94. The van der Waals surface area contributed by atoms with Crippen LogP contribution in [-0.2, 0) is 0 Å². The molecule has 0 bridgehead atoms. The van der Waals surface area contributed by atoms with Gasteiger partial charge in [-0.1, -0.05) is 36.4 Å². The highest BCUT2D eigenvalue weighted by Crippen LogP contribution is 2.20. The van der Waals surface area contributed by atoms with E-state index in [0.29, 0.717) is 16.7 Å². The van der Waals surface area contributed by atoms with Crippen LogP contribution < -0.4 is 0 Å². The number of phenolic OH excluding ortho intramolecular Hbond substituents is 2. The molecule has 0 saturated heterocycles. The highest BCUT2D eigenvalue weighted by atomic mass is 16.4. The normalized spacial score (nSPS) is 10.0. The van der Waals surface area contributed by atoms with E-state index in [-0.39, 0.29) is 39.8 Å². The first-order chi connectivity index (χ1) is 17.2. The molecular formula is C28H20O8. The van der Waals surface area contributed by atoms with E-state index in [1.807, 2.05) is 0 Å². The zero-order valence-corrected chi connectivity index (χ0v) is 18.7. The van der Waals surface area contributed by atoms with Gasteiger partial charge in [0.15, 0.2) is 11.6 Å². The Labute approximate surface area is 205 Å². The number of rotatable bonds is 6. The smallest absolute Gasteiger partial charge is 0.335 e. The fourth-order valence-electron chi connectivity index (χ4n) is 3.16. The second-order valence-electron chi connectivity index (χ2n) is 7.49. The topological polar surface area (TPSA) is 149 Å². The number of ketones is 2. The predicted molar refractivity (Wildman–Crippen MR) is 130 cm³/mol. The van der Waals surface area contributed by atoms with Crippen molar-refractivity contribution in [3.05, 3.63) is 130 Å². The van der Waals surface area contributed by atoms with Crippen molar-refractivity contribution in [2.24, 2.45) is 0 Å². The van der Waals surface area contributed by atoms with Crippen LogP contribution in [0.4, 0.5) is 0 Å². The van der Waals surface area contributed by atoms with Crippen molar-refractivity contribution < 1.29 is 39.6 Å². The summed E-state index contributed by atoms with van der Waals surface area (Å²) in [5.74, 6) is -2.76. The minimum absolute atomic E-state index is 0.0691. The zero-order valence-electron chi connectivity index (χ0n) is 18.7. The molecule has 4 aromatic carbocycles. The van der Waals surface area contributed by atoms with E-state index >= 15 is 0 Å². The lowest BCUT2D eigenvalue weighted by Crippen LogP contribution is -2.04. The first kappa shape index (κ1) is 25.4. The third-order valence-electron chi connectivity index (χ3n) is 5.04. The van der Waals surface area contributed by atoms with Gasteiger partial charge < -0.3 is 20.4 Å². The maximum absolute atomic E-state index is 12.1. The van der Waals surface area contributed by atoms with Crippen LogP contribution in [0.5, 0.6) is 11.5 Å². The molecule has 0 aromatic heterocycles. The van der Waals surface area contributed by atoms with Gasteiger partial charge in [0.25, 0.3) is 0 Å². The number of carbonyl (C=O) groups excluding carboxylic acids is 2. The summed E-state index contributed by atoms with van der Waals surface area (Å²) in [5, 5.41) is 36.3. The number of phenols is 2. The summed E-state index contributed by atoms with van der Waals surface area (Å²) in [7, 11) is 0. The van der Waals surface area contributed by atoms with Crippen LogP contribution in [0.3, 0.4) is 0 Å². The summed E-state index contributed by atoms with van der Waals surface area (Å²) >= 11 is 0. The third kappa shape index (κ3) is 6.21. The van der Waals surface area contributed by atoms with Crippen LogP contribution in [0.1, 0.15) is 52.6 Å². The molecule has 0 saturated carbocycles. The van der Waals surface area contributed by atoms with Gasteiger partial charge in [-0.3, -0.25) is 9.59 Å². The van der Waals surface area contributed by atoms with Gasteiger partial charge in [-0.05, 0) is 60.7 Å². The molecule has 180 valence electrons. The lowest BCUT2D eigenvalue weighted by atomic mass is 10.0. The van der Waals surface area contributed by atoms with Gasteiger partial charge in [-0.2, -0.15) is 0 Å². The van der Waals surface area contributed by atoms with Crippen molar-refractivity contribution in [2.45, 2.75) is 0 Å². The van der Waals surface area contributed by atoms with Gasteiger partial charge in [0.1, 0.15) is 11.5 Å². The maximum Gasteiger partial charge on any atom is 0.335 e. The Morgan fingerprint density at radius 1 is 0.472 bits per heavy atom. The molecule has 0 unspecified atom stereocenters. The molecule has 0 aliphatic rings. The largest absolute Gasteiger partial charge is 0.508 e. The van der Waals surface area contributed by atoms with Gasteiger partial charge in [0.2, 0.25) is 0 Å². The Bertz CT molecular complexity index is 1420. The lowest BCUT2D eigenvalue weighted by molar-refractivity contribution is 0.0686. The van der Waals surface area contributed by atoms with Gasteiger partial charge in [-0.25, -0.2) is 9.59 Å². The molecule has 0 atom stereocenters. The number of aromatic carboxylic acids is 2. The first-order valence-corrected chi connectivity index (χ1v) is 10.5. The monoisotopic (exact) mass is 484 g/mol. The van der Waals surface area contributed by atoms with Crippen molar-refractivity contribution in [1.82, 2.24) is 0 Å². The summed E-state index contributed by atoms with van der Waals surface area (Å²) in [5.41, 5.74) is 1.42. The van der Waals surface area contributed by atoms with E-state index in [2.05, 4.69) is 0 Å². The Balaban J connectivity index is 0.000000201. The number of para-hydroxylation sites is 1. The third-order valence-corrected chi connectivity index (χ3v) is 5.04. The second-order valence-corrected chi connectivity index (χ2v) is 7.49. The van der Waals surface area contributed by atoms with Crippen LogP contribution in [0.15, 0.2) is 97.1 Å². The summed E-state index contributed by atoms with van der Waals surface area (Å²) in [6.07, 6.45) is 0. The average molecular weight is 484 g/mol. The van der Waals surface area contributed by atoms with Crippen molar-refractivity contribution in [3.8, 4) is 11.5 Å². The molecule has 0 aliphatic heterocycles. The quantitative estimate of drug-likeness (QED) is 0.289. The maximum atomic E-state index is 12.1. The van der Waals surface area contributed by atoms with E-state index in [4.69, 9.17) is 15.3 Å². The van der Waals surface area contributed by atoms with Crippen molar-refractivity contribution in [3.63, 3.8) is 0 Å². The summed E-state index contributed by atoms with van der Waals surface area (Å²) in [6.45, 7) is 0. The van der Waals surface area contributed by atoms with Crippen molar-refractivity contribution in [2.75, 3.05) is 0 Å². The molecule has 4 aromatic rings. The SMILES string of the molecule is O=C(O)c1ccc(C(=O)c2ccccc2O)cc1.O=C(O)c1cccc(C(=O)c2ccc(O)cc2)c1. The minimum atomic E-state index is -1.07. The van der Waals surface area contributed by atoms with E-state index in [0.717, 1.165) is 0 Å². The number of carboxylic acid groups (broad SMARTS) is 2. The molecule has 36 heavy (non-hydrogen) atoms. The molecule has 8 heteroatoms. The predicted octanol–water partition coefficient (Wildman–Crippen LogP) is 4.64. The van der Waals surface area contributed by atoms with Crippen LogP contribution in [0.2, 0.25) is 0 Å². The Morgan fingerprint density at radius 2 is 0.972 bits per heavy atom. The fraction of sp³-hybridized carbons (Fsp3) is 0. The van der Waals surface area contributed by atoms with Gasteiger partial charge in [-0.15, -0.1) is 0 Å². The average Bonchev–Trinajstić information content (AvgIpc) is 2.89. The molecule has 4 rings (SSSR count). The van der Waals surface area contributed by atoms with Gasteiger partial charge in [0.05, 0.1) is 16.7 Å². The molecule has 0 aliphatic carbocycles. The molecule has 8 nitrogen and oxygen atoms in total. The van der Waals surface area contributed by atoms with Crippen molar-refractivity contribution in [1.29, 1.82) is 0 Å². The van der Waals surface area contributed by atoms with E-state index in [1.54, 1.807) is 18.2 Å².